The molecule has 0 radical (unpaired) electrons. The lowest BCUT2D eigenvalue weighted by Crippen LogP contribution is -2.17. The molecule has 2 nitrogen and oxygen atoms in total. The number of fused-ring (bicyclic) bond motifs is 1. The van der Waals surface area contributed by atoms with Crippen molar-refractivity contribution in [2.24, 2.45) is 0 Å². The summed E-state index contributed by atoms with van der Waals surface area (Å²) in [4.78, 5) is 0. The third-order valence-corrected chi connectivity index (χ3v) is 5.89. The molecule has 0 bridgehead atoms. The number of hydrogen-bond acceptors (Lipinski definition) is 2. The molecule has 0 saturated carbocycles. The highest BCUT2D eigenvalue weighted by Gasteiger charge is 2.30. The second kappa shape index (κ2) is 11.0. The molecule has 0 heterocycles. The van der Waals surface area contributed by atoms with Crippen LogP contribution >= 0.6 is 0 Å². The van der Waals surface area contributed by atoms with Crippen molar-refractivity contribution in [2.75, 3.05) is 6.61 Å². The first-order valence-electron chi connectivity index (χ1n) is 11.7. The molecular weight excluding hydrogens is 475 g/mol. The van der Waals surface area contributed by atoms with Crippen LogP contribution in [0.25, 0.3) is 21.9 Å². The van der Waals surface area contributed by atoms with E-state index in [9.17, 15) is 17.6 Å². The minimum Gasteiger partial charge on any atom is -0.493 e. The topological polar surface area (TPSA) is 18.5 Å². The van der Waals surface area contributed by atoms with E-state index >= 15 is 4.39 Å². The summed E-state index contributed by atoms with van der Waals surface area (Å²) in [5, 5.41) is 1.06. The summed E-state index contributed by atoms with van der Waals surface area (Å²) < 4.78 is 76.3. The predicted octanol–water partition coefficient (Wildman–Crippen LogP) is 8.65. The standard InChI is InChI=1S/C29H25F5O2/c1-2-3-16-35-24-13-15-25(27(30)18-24)21-10-14-26-22(17-21)9-8-20(28(26)31)7-4-19-5-11-23(12-6-19)36-29(32,33)34/h5-6,8-15,17-18H,2-4,7,16H2,1H3. The Balaban J connectivity index is 1.47. The molecule has 7 heteroatoms. The Bertz CT molecular complexity index is 1330. The van der Waals surface area contributed by atoms with Crippen molar-refractivity contribution in [1.29, 1.82) is 0 Å². The van der Waals surface area contributed by atoms with Gasteiger partial charge in [0.25, 0.3) is 0 Å². The lowest BCUT2D eigenvalue weighted by atomic mass is 9.97. The highest BCUT2D eigenvalue weighted by atomic mass is 19.4. The summed E-state index contributed by atoms with van der Waals surface area (Å²) >= 11 is 0. The van der Waals surface area contributed by atoms with E-state index in [0.29, 0.717) is 52.7 Å². The first-order chi connectivity index (χ1) is 17.2. The van der Waals surface area contributed by atoms with Crippen molar-refractivity contribution in [3.05, 3.63) is 95.6 Å². The van der Waals surface area contributed by atoms with E-state index in [0.717, 1.165) is 18.4 Å². The molecule has 0 aliphatic heterocycles. The monoisotopic (exact) mass is 500 g/mol. The Labute approximate surface area is 206 Å². The Morgan fingerprint density at radius 3 is 2.22 bits per heavy atom. The van der Waals surface area contributed by atoms with Crippen LogP contribution in [0.4, 0.5) is 22.0 Å². The van der Waals surface area contributed by atoms with Gasteiger partial charge >= 0.3 is 6.36 Å². The molecule has 36 heavy (non-hydrogen) atoms. The van der Waals surface area contributed by atoms with Crippen molar-refractivity contribution in [3.63, 3.8) is 0 Å². The van der Waals surface area contributed by atoms with E-state index in [-0.39, 0.29) is 11.6 Å². The van der Waals surface area contributed by atoms with Crippen LogP contribution in [0, 0.1) is 11.6 Å². The van der Waals surface area contributed by atoms with Gasteiger partial charge in [-0.1, -0.05) is 49.7 Å². The summed E-state index contributed by atoms with van der Waals surface area (Å²) in [6.45, 7) is 2.59. The summed E-state index contributed by atoms with van der Waals surface area (Å²) in [6, 6.07) is 18.8. The van der Waals surface area contributed by atoms with E-state index in [1.807, 2.05) is 0 Å². The maximum atomic E-state index is 15.2. The fourth-order valence-electron chi connectivity index (χ4n) is 3.99. The highest BCUT2D eigenvalue weighted by Crippen LogP contribution is 2.31. The van der Waals surface area contributed by atoms with Gasteiger partial charge < -0.3 is 9.47 Å². The zero-order valence-corrected chi connectivity index (χ0v) is 19.7. The van der Waals surface area contributed by atoms with Gasteiger partial charge in [-0.05, 0) is 71.7 Å². The molecule has 0 atom stereocenters. The Kier molecular flexibility index (Phi) is 7.77. The molecule has 0 aliphatic rings. The quantitative estimate of drug-likeness (QED) is 0.169. The maximum absolute atomic E-state index is 15.2. The van der Waals surface area contributed by atoms with E-state index in [1.165, 1.54) is 30.3 Å². The molecule has 0 fully saturated rings. The fourth-order valence-corrected chi connectivity index (χ4v) is 3.99. The van der Waals surface area contributed by atoms with Crippen molar-refractivity contribution in [1.82, 2.24) is 0 Å². The van der Waals surface area contributed by atoms with Crippen LogP contribution in [-0.2, 0) is 12.8 Å². The molecule has 0 aliphatic carbocycles. The van der Waals surface area contributed by atoms with Gasteiger partial charge in [-0.2, -0.15) is 0 Å². The normalized spacial score (nSPS) is 11.6. The molecule has 4 aromatic carbocycles. The minimum atomic E-state index is -4.74. The number of ether oxygens (including phenoxy) is 2. The lowest BCUT2D eigenvalue weighted by molar-refractivity contribution is -0.274. The fraction of sp³-hybridized carbons (Fsp3) is 0.241. The number of alkyl halides is 3. The molecule has 0 N–H and O–H groups in total. The van der Waals surface area contributed by atoms with Crippen molar-refractivity contribution >= 4 is 10.8 Å². The number of hydrogen-bond donors (Lipinski definition) is 0. The summed E-state index contributed by atoms with van der Waals surface area (Å²) in [7, 11) is 0. The third kappa shape index (κ3) is 6.33. The van der Waals surface area contributed by atoms with Crippen LogP contribution < -0.4 is 9.47 Å². The third-order valence-electron chi connectivity index (χ3n) is 5.89. The van der Waals surface area contributed by atoms with Crippen molar-refractivity contribution in [2.45, 2.75) is 39.0 Å². The number of rotatable bonds is 9. The Morgan fingerprint density at radius 1 is 0.778 bits per heavy atom. The molecule has 0 unspecified atom stereocenters. The molecule has 4 aromatic rings. The van der Waals surface area contributed by atoms with Gasteiger partial charge in [0, 0.05) is 17.0 Å². The minimum absolute atomic E-state index is 0.297. The average Bonchev–Trinajstić information content (AvgIpc) is 2.84. The van der Waals surface area contributed by atoms with Crippen LogP contribution in [0.15, 0.2) is 72.8 Å². The zero-order valence-electron chi connectivity index (χ0n) is 19.7. The molecule has 0 aromatic heterocycles. The molecule has 0 saturated heterocycles. The largest absolute Gasteiger partial charge is 0.573 e. The van der Waals surface area contributed by atoms with E-state index < -0.39 is 12.2 Å². The van der Waals surface area contributed by atoms with E-state index in [4.69, 9.17) is 4.74 Å². The molecule has 4 rings (SSSR count). The first-order valence-corrected chi connectivity index (χ1v) is 11.7. The van der Waals surface area contributed by atoms with Crippen LogP contribution in [0.5, 0.6) is 11.5 Å². The van der Waals surface area contributed by atoms with Gasteiger partial charge in [0.05, 0.1) is 6.61 Å². The predicted molar refractivity (Wildman–Crippen MR) is 130 cm³/mol. The van der Waals surface area contributed by atoms with Gasteiger partial charge in [-0.25, -0.2) is 8.78 Å². The summed E-state index contributed by atoms with van der Waals surface area (Å²) in [5.41, 5.74) is 2.29. The second-order valence-electron chi connectivity index (χ2n) is 8.51. The van der Waals surface area contributed by atoms with Crippen molar-refractivity contribution in [3.8, 4) is 22.6 Å². The summed E-state index contributed by atoms with van der Waals surface area (Å²) in [6.07, 6.45) is -2.04. The number of halogens is 5. The smallest absolute Gasteiger partial charge is 0.493 e. The Morgan fingerprint density at radius 2 is 1.53 bits per heavy atom. The van der Waals surface area contributed by atoms with E-state index in [1.54, 1.807) is 42.5 Å². The lowest BCUT2D eigenvalue weighted by Gasteiger charge is -2.11. The Hall–Kier alpha value is -3.61. The van der Waals surface area contributed by atoms with Gasteiger partial charge in [0.2, 0.25) is 0 Å². The zero-order chi connectivity index (χ0) is 25.7. The number of benzene rings is 4. The van der Waals surface area contributed by atoms with Gasteiger partial charge in [-0.15, -0.1) is 13.2 Å². The van der Waals surface area contributed by atoms with Crippen LogP contribution in [0.3, 0.4) is 0 Å². The van der Waals surface area contributed by atoms with Crippen LogP contribution in [0.1, 0.15) is 30.9 Å². The molecular formula is C29H25F5O2. The molecule has 0 amide bonds. The number of aryl methyl sites for hydroxylation is 2. The molecule has 188 valence electrons. The SMILES string of the molecule is CCCCOc1ccc(-c2ccc3c(F)c(CCc4ccc(OC(F)(F)F)cc4)ccc3c2)c(F)c1. The molecule has 0 spiro atoms. The highest BCUT2D eigenvalue weighted by molar-refractivity contribution is 5.88. The second-order valence-corrected chi connectivity index (χ2v) is 8.51. The van der Waals surface area contributed by atoms with Gasteiger partial charge in [-0.3, -0.25) is 0 Å². The van der Waals surface area contributed by atoms with Crippen LogP contribution in [0.2, 0.25) is 0 Å². The van der Waals surface area contributed by atoms with E-state index in [2.05, 4.69) is 11.7 Å². The maximum Gasteiger partial charge on any atom is 0.573 e. The average molecular weight is 501 g/mol. The van der Waals surface area contributed by atoms with Crippen molar-refractivity contribution < 1.29 is 31.4 Å². The van der Waals surface area contributed by atoms with Crippen LogP contribution in [-0.4, -0.2) is 13.0 Å². The van der Waals surface area contributed by atoms with Gasteiger partial charge in [0.1, 0.15) is 23.1 Å². The summed E-state index contributed by atoms with van der Waals surface area (Å²) in [5.74, 6) is -0.596. The number of unbranched alkanes of at least 4 members (excludes halogenated alkanes) is 1. The van der Waals surface area contributed by atoms with Gasteiger partial charge in [0.15, 0.2) is 0 Å². The first kappa shape index (κ1) is 25.5.